The zero-order valence-electron chi connectivity index (χ0n) is 16.1. The molecule has 3 aromatic carbocycles. The van der Waals surface area contributed by atoms with Crippen molar-refractivity contribution in [2.75, 3.05) is 24.1 Å². The molecule has 0 atom stereocenters. The fraction of sp³-hybridized carbons (Fsp3) is 0.130. The summed E-state index contributed by atoms with van der Waals surface area (Å²) in [6.07, 6.45) is 0. The number of hydrogen-bond acceptors (Lipinski definition) is 4. The summed E-state index contributed by atoms with van der Waals surface area (Å²) in [5.74, 6) is -1.00. The first-order valence-corrected chi connectivity index (χ1v) is 8.92. The average Bonchev–Trinajstić information content (AvgIpc) is 2.72. The van der Waals surface area contributed by atoms with E-state index in [0.717, 1.165) is 16.3 Å². The van der Waals surface area contributed by atoms with Crippen LogP contribution >= 0.6 is 0 Å². The highest BCUT2D eigenvalue weighted by atomic mass is 16.7. The quantitative estimate of drug-likeness (QED) is 0.632. The van der Waals surface area contributed by atoms with Crippen molar-refractivity contribution in [3.63, 3.8) is 0 Å². The molecular formula is C23H22N2O3. The SMILES string of the molecule is Cc1ccccc1C(=O)ON(C(=O)c1ccc(N(C)C)cc1)c1ccccc1. The fourth-order valence-electron chi connectivity index (χ4n) is 2.73. The topological polar surface area (TPSA) is 49.9 Å². The Balaban J connectivity index is 1.92. The van der Waals surface area contributed by atoms with Gasteiger partial charge in [0.2, 0.25) is 0 Å². The number of benzene rings is 3. The number of aryl methyl sites for hydroxylation is 1. The number of amides is 1. The van der Waals surface area contributed by atoms with E-state index >= 15 is 0 Å². The van der Waals surface area contributed by atoms with Gasteiger partial charge in [-0.1, -0.05) is 36.4 Å². The molecule has 0 unspecified atom stereocenters. The standard InChI is InChI=1S/C23H22N2O3/c1-17-9-7-8-12-21(17)23(27)28-25(20-10-5-4-6-11-20)22(26)18-13-15-19(16-14-18)24(2)3/h4-16H,1-3H3. The molecule has 0 aliphatic rings. The molecule has 3 aromatic rings. The first-order valence-electron chi connectivity index (χ1n) is 8.92. The second-order valence-electron chi connectivity index (χ2n) is 6.57. The molecule has 0 spiro atoms. The summed E-state index contributed by atoms with van der Waals surface area (Å²) in [6, 6.07) is 23.1. The van der Waals surface area contributed by atoms with Gasteiger partial charge >= 0.3 is 5.97 Å². The first kappa shape index (κ1) is 19.2. The number of para-hydroxylation sites is 1. The molecule has 0 aliphatic heterocycles. The van der Waals surface area contributed by atoms with Crippen molar-refractivity contribution in [3.05, 3.63) is 95.6 Å². The van der Waals surface area contributed by atoms with Crippen molar-refractivity contribution >= 4 is 23.3 Å². The van der Waals surface area contributed by atoms with Gasteiger partial charge < -0.3 is 9.74 Å². The first-order chi connectivity index (χ1) is 13.5. The van der Waals surface area contributed by atoms with Crippen molar-refractivity contribution in [2.45, 2.75) is 6.92 Å². The van der Waals surface area contributed by atoms with Gasteiger partial charge in [0.15, 0.2) is 0 Å². The van der Waals surface area contributed by atoms with Crippen LogP contribution in [-0.2, 0) is 4.84 Å². The Labute approximate surface area is 164 Å². The van der Waals surface area contributed by atoms with Crippen LogP contribution in [0.25, 0.3) is 0 Å². The molecule has 0 radical (unpaired) electrons. The van der Waals surface area contributed by atoms with Crippen LogP contribution in [0.1, 0.15) is 26.3 Å². The number of carbonyl (C=O) groups is 2. The largest absolute Gasteiger partial charge is 0.378 e. The maximum Gasteiger partial charge on any atom is 0.364 e. The minimum Gasteiger partial charge on any atom is -0.378 e. The van der Waals surface area contributed by atoms with Crippen LogP contribution in [0.15, 0.2) is 78.9 Å². The van der Waals surface area contributed by atoms with E-state index in [1.165, 1.54) is 0 Å². The minimum absolute atomic E-state index is 0.416. The average molecular weight is 374 g/mol. The van der Waals surface area contributed by atoms with E-state index in [-0.39, 0.29) is 0 Å². The third kappa shape index (κ3) is 4.20. The summed E-state index contributed by atoms with van der Waals surface area (Å²) in [4.78, 5) is 33.3. The van der Waals surface area contributed by atoms with E-state index in [2.05, 4.69) is 0 Å². The zero-order chi connectivity index (χ0) is 20.1. The molecule has 0 aromatic heterocycles. The number of hydrogen-bond donors (Lipinski definition) is 0. The smallest absolute Gasteiger partial charge is 0.364 e. The molecule has 5 nitrogen and oxygen atoms in total. The number of anilines is 2. The lowest BCUT2D eigenvalue weighted by Crippen LogP contribution is -2.34. The lowest BCUT2D eigenvalue weighted by atomic mass is 10.1. The van der Waals surface area contributed by atoms with Gasteiger partial charge in [0, 0.05) is 25.3 Å². The van der Waals surface area contributed by atoms with E-state index in [1.54, 1.807) is 48.5 Å². The molecule has 0 saturated heterocycles. The number of hydroxylamine groups is 1. The number of carbonyl (C=O) groups excluding carboxylic acids is 2. The summed E-state index contributed by atoms with van der Waals surface area (Å²) < 4.78 is 0. The summed E-state index contributed by atoms with van der Waals surface area (Å²) in [6.45, 7) is 1.82. The highest BCUT2D eigenvalue weighted by molar-refractivity contribution is 6.06. The lowest BCUT2D eigenvalue weighted by Gasteiger charge is -2.22. The predicted molar refractivity (Wildman–Crippen MR) is 111 cm³/mol. The third-order valence-corrected chi connectivity index (χ3v) is 4.34. The maximum atomic E-state index is 13.1. The van der Waals surface area contributed by atoms with Crippen molar-refractivity contribution in [3.8, 4) is 0 Å². The lowest BCUT2D eigenvalue weighted by molar-refractivity contribution is 0.0408. The second kappa shape index (κ2) is 8.39. The molecule has 1 amide bonds. The van der Waals surface area contributed by atoms with Crippen molar-refractivity contribution in [1.29, 1.82) is 0 Å². The van der Waals surface area contributed by atoms with Crippen LogP contribution in [0.5, 0.6) is 0 Å². The van der Waals surface area contributed by atoms with Crippen LogP contribution in [0.2, 0.25) is 0 Å². The van der Waals surface area contributed by atoms with Gasteiger partial charge in [0.1, 0.15) is 0 Å². The molecule has 5 heteroatoms. The zero-order valence-corrected chi connectivity index (χ0v) is 16.1. The molecule has 3 rings (SSSR count). The van der Waals surface area contributed by atoms with Gasteiger partial charge in [0.05, 0.1) is 11.3 Å². The minimum atomic E-state index is -0.583. The number of nitrogens with zero attached hydrogens (tertiary/aromatic N) is 2. The fourth-order valence-corrected chi connectivity index (χ4v) is 2.73. The van der Waals surface area contributed by atoms with E-state index in [1.807, 2.05) is 56.3 Å². The Bertz CT molecular complexity index is 967. The molecule has 142 valence electrons. The van der Waals surface area contributed by atoms with Crippen LogP contribution in [-0.4, -0.2) is 26.0 Å². The Morgan fingerprint density at radius 2 is 1.36 bits per heavy atom. The van der Waals surface area contributed by atoms with E-state index in [9.17, 15) is 9.59 Å². The van der Waals surface area contributed by atoms with Crippen LogP contribution < -0.4 is 9.96 Å². The predicted octanol–water partition coefficient (Wildman–Crippen LogP) is 4.48. The highest BCUT2D eigenvalue weighted by Gasteiger charge is 2.24. The van der Waals surface area contributed by atoms with Crippen LogP contribution in [0, 0.1) is 6.92 Å². The monoisotopic (exact) mass is 374 g/mol. The molecule has 0 fully saturated rings. The highest BCUT2D eigenvalue weighted by Crippen LogP contribution is 2.21. The third-order valence-electron chi connectivity index (χ3n) is 4.34. The van der Waals surface area contributed by atoms with Gasteiger partial charge in [-0.2, -0.15) is 0 Å². The van der Waals surface area contributed by atoms with Crippen molar-refractivity contribution in [2.24, 2.45) is 0 Å². The molecule has 0 aliphatic carbocycles. The molecule has 28 heavy (non-hydrogen) atoms. The van der Waals surface area contributed by atoms with Crippen molar-refractivity contribution in [1.82, 2.24) is 0 Å². The van der Waals surface area contributed by atoms with Gasteiger partial charge in [-0.3, -0.25) is 4.79 Å². The van der Waals surface area contributed by atoms with Crippen LogP contribution in [0.3, 0.4) is 0 Å². The Hall–Kier alpha value is -3.60. The van der Waals surface area contributed by atoms with Crippen molar-refractivity contribution < 1.29 is 14.4 Å². The van der Waals surface area contributed by atoms with E-state index < -0.39 is 11.9 Å². The summed E-state index contributed by atoms with van der Waals surface area (Å²) in [7, 11) is 3.86. The molecule has 0 bridgehead atoms. The van der Waals surface area contributed by atoms with Gasteiger partial charge in [-0.05, 0) is 55.0 Å². The molecule has 0 heterocycles. The Kier molecular flexibility index (Phi) is 5.75. The maximum absolute atomic E-state index is 13.1. The molecule has 0 N–H and O–H groups in total. The summed E-state index contributed by atoms with van der Waals surface area (Å²) >= 11 is 0. The summed E-state index contributed by atoms with van der Waals surface area (Å²) in [5.41, 5.74) is 3.07. The number of rotatable bonds is 4. The molecular weight excluding hydrogens is 352 g/mol. The Morgan fingerprint density at radius 3 is 1.96 bits per heavy atom. The van der Waals surface area contributed by atoms with Gasteiger partial charge in [-0.15, -0.1) is 5.06 Å². The summed E-state index contributed by atoms with van der Waals surface area (Å²) in [5, 5.41) is 1.04. The normalized spacial score (nSPS) is 10.2. The second-order valence-corrected chi connectivity index (χ2v) is 6.57. The van der Waals surface area contributed by atoms with Crippen LogP contribution in [0.4, 0.5) is 11.4 Å². The molecule has 0 saturated carbocycles. The van der Waals surface area contributed by atoms with E-state index in [4.69, 9.17) is 4.84 Å². The van der Waals surface area contributed by atoms with E-state index in [0.29, 0.717) is 16.8 Å². The van der Waals surface area contributed by atoms with Gasteiger partial charge in [0.25, 0.3) is 5.91 Å². The Morgan fingerprint density at radius 1 is 0.750 bits per heavy atom. The van der Waals surface area contributed by atoms with Gasteiger partial charge in [-0.25, -0.2) is 4.79 Å².